The molecule has 0 atom stereocenters. The molecule has 0 fully saturated rings. The zero-order chi connectivity index (χ0) is 29.6. The van der Waals surface area contributed by atoms with Crippen molar-refractivity contribution in [3.63, 3.8) is 0 Å². The first kappa shape index (κ1) is 30.4. The molecular weight excluding hydrogens is 533 g/mol. The number of hydrogen-bond donors (Lipinski definition) is 0. The topological polar surface area (TPSA) is 72.9 Å². The molecule has 3 aromatic carbocycles. The minimum Gasteiger partial charge on any atom is -0.494 e. The van der Waals surface area contributed by atoms with Crippen LogP contribution >= 0.6 is 0 Å². The van der Waals surface area contributed by atoms with Crippen LogP contribution in [0.1, 0.15) is 67.3 Å². The van der Waals surface area contributed by atoms with E-state index in [9.17, 15) is 18.8 Å². The zero-order valence-electron chi connectivity index (χ0n) is 23.7. The van der Waals surface area contributed by atoms with Gasteiger partial charge in [-0.25, -0.2) is 9.29 Å². The third-order valence-electron chi connectivity index (χ3n) is 6.92. The number of halogens is 1. The number of ketones is 1. The number of carbonyl (C=O) groups excluding carboxylic acids is 3. The second-order valence-electron chi connectivity index (χ2n) is 10.1. The van der Waals surface area contributed by atoms with Gasteiger partial charge in [-0.1, -0.05) is 56.7 Å². The summed E-state index contributed by atoms with van der Waals surface area (Å²) in [6.07, 6.45) is 14.8. The van der Waals surface area contributed by atoms with Crippen molar-refractivity contribution >= 4 is 29.4 Å². The summed E-state index contributed by atoms with van der Waals surface area (Å²) in [7, 11) is 0. The van der Waals surface area contributed by atoms with Crippen molar-refractivity contribution in [2.45, 2.75) is 51.4 Å². The Balaban J connectivity index is 0.982. The van der Waals surface area contributed by atoms with E-state index in [-0.39, 0.29) is 23.4 Å². The summed E-state index contributed by atoms with van der Waals surface area (Å²) in [6.45, 7) is 1.32. The minimum atomic E-state index is -0.362. The minimum absolute atomic E-state index is 0.167. The van der Waals surface area contributed by atoms with Crippen molar-refractivity contribution in [1.29, 1.82) is 0 Å². The quantitative estimate of drug-likeness (QED) is 0.0720. The van der Waals surface area contributed by atoms with Gasteiger partial charge in [0.15, 0.2) is 5.78 Å². The Kier molecular flexibility index (Phi) is 11.6. The van der Waals surface area contributed by atoms with Gasteiger partial charge in [-0.15, -0.1) is 0 Å². The van der Waals surface area contributed by atoms with Crippen molar-refractivity contribution in [1.82, 2.24) is 0 Å². The van der Waals surface area contributed by atoms with Gasteiger partial charge in [0.05, 0.1) is 18.9 Å². The van der Waals surface area contributed by atoms with Gasteiger partial charge in [-0.05, 0) is 85.1 Å². The highest BCUT2D eigenvalue weighted by Crippen LogP contribution is 2.23. The molecule has 2 amide bonds. The number of nitrogens with zero attached hydrogens (tertiary/aromatic N) is 1. The van der Waals surface area contributed by atoms with Crippen molar-refractivity contribution in [3.8, 4) is 11.5 Å². The number of rotatable bonds is 17. The molecule has 0 aliphatic carbocycles. The number of carbonyl (C=O) groups is 3. The highest BCUT2D eigenvalue weighted by atomic mass is 19.1. The van der Waals surface area contributed by atoms with Crippen LogP contribution in [-0.4, -0.2) is 30.8 Å². The van der Waals surface area contributed by atoms with Crippen molar-refractivity contribution < 1.29 is 28.2 Å². The predicted octanol–water partition coefficient (Wildman–Crippen LogP) is 7.73. The highest BCUT2D eigenvalue weighted by Gasteiger charge is 2.24. The number of amides is 2. The standard InChI is InChI=1S/C35H36FNO5/c36-29-14-12-28(13-15-29)33(38)22-11-27-9-18-31(19-10-27)41-25-7-5-3-1-2-4-6-8-26-42-32-20-16-30(17-21-32)37-34(39)23-24-35(37)40/h9-24H,1-8,25-26H2. The van der Waals surface area contributed by atoms with E-state index >= 15 is 0 Å². The Morgan fingerprint density at radius 2 is 1.12 bits per heavy atom. The summed E-state index contributed by atoms with van der Waals surface area (Å²) in [6, 6.07) is 20.1. The van der Waals surface area contributed by atoms with E-state index in [1.807, 2.05) is 24.3 Å². The number of imide groups is 1. The number of unbranched alkanes of at least 4 members (excludes halogenated alkanes) is 7. The fourth-order valence-electron chi connectivity index (χ4n) is 4.55. The fraction of sp³-hybridized carbons (Fsp3) is 0.286. The summed E-state index contributed by atoms with van der Waals surface area (Å²) in [5.41, 5.74) is 1.90. The van der Waals surface area contributed by atoms with Gasteiger partial charge in [0.1, 0.15) is 17.3 Å². The fourth-order valence-corrected chi connectivity index (χ4v) is 4.55. The maximum Gasteiger partial charge on any atom is 0.258 e. The molecule has 1 heterocycles. The summed E-state index contributed by atoms with van der Waals surface area (Å²) in [5, 5.41) is 0. The molecule has 0 saturated carbocycles. The van der Waals surface area contributed by atoms with Crippen LogP contribution in [0.3, 0.4) is 0 Å². The van der Waals surface area contributed by atoms with Gasteiger partial charge >= 0.3 is 0 Å². The summed E-state index contributed by atoms with van der Waals surface area (Å²) < 4.78 is 24.6. The van der Waals surface area contributed by atoms with E-state index in [1.165, 1.54) is 68.2 Å². The Bertz CT molecular complexity index is 1360. The van der Waals surface area contributed by atoms with E-state index in [2.05, 4.69) is 0 Å². The van der Waals surface area contributed by atoms with Crippen LogP contribution in [0.2, 0.25) is 0 Å². The third-order valence-corrected chi connectivity index (χ3v) is 6.92. The van der Waals surface area contributed by atoms with Crippen molar-refractivity contribution in [3.05, 3.63) is 108 Å². The SMILES string of the molecule is O=C(C=Cc1ccc(OCCCCCCCCCCOc2ccc(N3C(=O)C=CC3=O)cc2)cc1)c1ccc(F)cc1. The molecule has 42 heavy (non-hydrogen) atoms. The van der Waals surface area contributed by atoms with Crippen LogP contribution in [-0.2, 0) is 9.59 Å². The van der Waals surface area contributed by atoms with Crippen LogP contribution in [0.25, 0.3) is 6.08 Å². The lowest BCUT2D eigenvalue weighted by Gasteiger charge is -2.14. The Morgan fingerprint density at radius 1 is 0.643 bits per heavy atom. The second kappa shape index (κ2) is 16.1. The van der Waals surface area contributed by atoms with Crippen molar-refractivity contribution in [2.75, 3.05) is 18.1 Å². The number of anilines is 1. The molecule has 0 N–H and O–H groups in total. The highest BCUT2D eigenvalue weighted by molar-refractivity contribution is 6.28. The smallest absolute Gasteiger partial charge is 0.258 e. The molecule has 0 unspecified atom stereocenters. The molecule has 6 nitrogen and oxygen atoms in total. The summed E-state index contributed by atoms with van der Waals surface area (Å²) in [5.74, 6) is 0.366. The summed E-state index contributed by atoms with van der Waals surface area (Å²) >= 11 is 0. The van der Waals surface area contributed by atoms with Crippen LogP contribution in [0.15, 0.2) is 91.0 Å². The average Bonchev–Trinajstić information content (AvgIpc) is 3.35. The molecule has 0 aromatic heterocycles. The van der Waals surface area contributed by atoms with E-state index < -0.39 is 0 Å². The molecule has 3 aromatic rings. The molecule has 0 radical (unpaired) electrons. The first-order valence-electron chi connectivity index (χ1n) is 14.5. The number of hydrogen-bond acceptors (Lipinski definition) is 5. The van der Waals surface area contributed by atoms with Crippen LogP contribution in [0.5, 0.6) is 11.5 Å². The second-order valence-corrected chi connectivity index (χ2v) is 10.1. The molecule has 1 aliphatic heterocycles. The van der Waals surface area contributed by atoms with Crippen molar-refractivity contribution in [2.24, 2.45) is 0 Å². The Morgan fingerprint density at radius 3 is 1.64 bits per heavy atom. The number of ether oxygens (including phenoxy) is 2. The lowest BCUT2D eigenvalue weighted by Crippen LogP contribution is -2.29. The average molecular weight is 570 g/mol. The van der Waals surface area contributed by atoms with Crippen LogP contribution in [0.4, 0.5) is 10.1 Å². The van der Waals surface area contributed by atoms with E-state index in [1.54, 1.807) is 30.3 Å². The van der Waals surface area contributed by atoms with Gasteiger partial charge in [0, 0.05) is 17.7 Å². The van der Waals surface area contributed by atoms with Gasteiger partial charge in [0.25, 0.3) is 11.8 Å². The van der Waals surface area contributed by atoms with Crippen LogP contribution < -0.4 is 14.4 Å². The number of allylic oxidation sites excluding steroid dienone is 1. The maximum absolute atomic E-state index is 13.0. The van der Waals surface area contributed by atoms with Gasteiger partial charge in [-0.3, -0.25) is 14.4 Å². The van der Waals surface area contributed by atoms with E-state index in [0.717, 1.165) is 47.6 Å². The number of benzene rings is 3. The summed E-state index contributed by atoms with van der Waals surface area (Å²) in [4.78, 5) is 36.8. The normalized spacial score (nSPS) is 12.8. The molecule has 7 heteroatoms. The molecule has 0 spiro atoms. The largest absolute Gasteiger partial charge is 0.494 e. The third kappa shape index (κ3) is 9.54. The van der Waals surface area contributed by atoms with Gasteiger partial charge in [-0.2, -0.15) is 0 Å². The molecule has 0 bridgehead atoms. The van der Waals surface area contributed by atoms with E-state index in [0.29, 0.717) is 24.5 Å². The monoisotopic (exact) mass is 569 g/mol. The van der Waals surface area contributed by atoms with E-state index in [4.69, 9.17) is 9.47 Å². The Labute approximate surface area is 246 Å². The predicted molar refractivity (Wildman–Crippen MR) is 162 cm³/mol. The zero-order valence-corrected chi connectivity index (χ0v) is 23.7. The lowest BCUT2D eigenvalue weighted by molar-refractivity contribution is -0.119. The van der Waals surface area contributed by atoms with Crippen LogP contribution in [0, 0.1) is 5.82 Å². The first-order valence-corrected chi connectivity index (χ1v) is 14.5. The van der Waals surface area contributed by atoms with Gasteiger partial charge < -0.3 is 9.47 Å². The molecule has 0 saturated heterocycles. The maximum atomic E-state index is 13.0. The lowest BCUT2D eigenvalue weighted by atomic mass is 10.1. The van der Waals surface area contributed by atoms with Gasteiger partial charge in [0.2, 0.25) is 0 Å². The molecule has 1 aliphatic rings. The molecular formula is C35H36FNO5. The first-order chi connectivity index (χ1) is 20.5. The molecule has 4 rings (SSSR count). The molecule has 218 valence electrons. The Hall–Kier alpha value is -4.52.